The first kappa shape index (κ1) is 16.7. The van der Waals surface area contributed by atoms with Crippen LogP contribution in [0.2, 0.25) is 0 Å². The highest BCUT2D eigenvalue weighted by Gasteiger charge is 2.08. The smallest absolute Gasteiger partial charge is 0.216 e. The topological polar surface area (TPSA) is 91.1 Å². The van der Waals surface area contributed by atoms with Crippen LogP contribution in [-0.4, -0.2) is 34.7 Å². The summed E-state index contributed by atoms with van der Waals surface area (Å²) in [5.41, 5.74) is 0.975. The maximum absolute atomic E-state index is 12.9. The largest absolute Gasteiger partial charge is 0.461 e. The first-order valence-electron chi connectivity index (χ1n) is 7.88. The molecule has 2 heterocycles. The summed E-state index contributed by atoms with van der Waals surface area (Å²) in [4.78, 5) is 8.54. The van der Waals surface area contributed by atoms with Gasteiger partial charge in [-0.3, -0.25) is 10.1 Å². The quantitative estimate of drug-likeness (QED) is 0.471. The van der Waals surface area contributed by atoms with E-state index < -0.39 is 0 Å². The molecule has 1 aromatic carbocycles. The Balaban J connectivity index is 1.44. The summed E-state index contributed by atoms with van der Waals surface area (Å²) in [5.74, 6) is 2.35. The molecule has 0 fully saturated rings. The maximum atomic E-state index is 12.9. The molecule has 7 nitrogen and oxygen atoms in total. The van der Waals surface area contributed by atoms with Gasteiger partial charge in [0.2, 0.25) is 5.82 Å². The zero-order chi connectivity index (χ0) is 17.5. The summed E-state index contributed by atoms with van der Waals surface area (Å²) >= 11 is 0. The molecule has 130 valence electrons. The first-order valence-corrected chi connectivity index (χ1v) is 7.88. The molecule has 25 heavy (non-hydrogen) atoms. The van der Waals surface area contributed by atoms with Crippen LogP contribution < -0.4 is 10.6 Å². The number of aromatic amines is 1. The van der Waals surface area contributed by atoms with E-state index in [1.54, 1.807) is 31.5 Å². The molecule has 0 saturated carbocycles. The summed E-state index contributed by atoms with van der Waals surface area (Å²) in [6, 6.07) is 9.96. The Hall–Kier alpha value is -3.16. The van der Waals surface area contributed by atoms with Crippen molar-refractivity contribution in [1.82, 2.24) is 25.8 Å². The predicted molar refractivity (Wildman–Crippen MR) is 92.4 cm³/mol. The Labute approximate surface area is 144 Å². The van der Waals surface area contributed by atoms with Gasteiger partial charge in [-0.25, -0.2) is 9.37 Å². The number of halogens is 1. The predicted octanol–water partition coefficient (Wildman–Crippen LogP) is 2.11. The van der Waals surface area contributed by atoms with Gasteiger partial charge in [0.25, 0.3) is 0 Å². The Kier molecular flexibility index (Phi) is 5.40. The molecule has 0 aliphatic rings. The monoisotopic (exact) mass is 342 g/mol. The molecule has 0 aliphatic carbocycles. The molecule has 0 saturated heterocycles. The highest BCUT2D eigenvalue weighted by atomic mass is 19.1. The second-order valence-electron chi connectivity index (χ2n) is 5.31. The molecular weight excluding hydrogens is 323 g/mol. The third-order valence-electron chi connectivity index (χ3n) is 3.52. The van der Waals surface area contributed by atoms with Gasteiger partial charge in [0, 0.05) is 26.6 Å². The minimum absolute atomic E-state index is 0.243. The number of furan rings is 1. The fourth-order valence-corrected chi connectivity index (χ4v) is 2.23. The number of nitrogens with zero attached hydrogens (tertiary/aromatic N) is 3. The van der Waals surface area contributed by atoms with Crippen molar-refractivity contribution in [1.29, 1.82) is 0 Å². The van der Waals surface area contributed by atoms with Gasteiger partial charge in [-0.2, -0.15) is 5.10 Å². The number of nitrogens with one attached hydrogen (secondary N) is 3. The lowest BCUT2D eigenvalue weighted by Crippen LogP contribution is -2.37. The van der Waals surface area contributed by atoms with Gasteiger partial charge >= 0.3 is 0 Å². The molecule has 2 aromatic heterocycles. The molecule has 0 unspecified atom stereocenters. The van der Waals surface area contributed by atoms with Crippen LogP contribution in [-0.2, 0) is 13.0 Å². The summed E-state index contributed by atoms with van der Waals surface area (Å²) in [5, 5.41) is 13.4. The summed E-state index contributed by atoms with van der Waals surface area (Å²) in [6.45, 7) is 1.20. The standard InChI is InChI=1S/C17H19FN6O/c1-19-17(21-11-12-4-6-13(18)7-5-12)20-9-8-15-22-16(24-23-15)14-3-2-10-25-14/h2-7,10H,8-9,11H2,1H3,(H2,19,20,21)(H,22,23,24). The molecule has 3 N–H and O–H groups in total. The highest BCUT2D eigenvalue weighted by molar-refractivity contribution is 5.79. The molecule has 3 rings (SSSR count). The van der Waals surface area contributed by atoms with Crippen LogP contribution >= 0.6 is 0 Å². The maximum Gasteiger partial charge on any atom is 0.216 e. The van der Waals surface area contributed by atoms with Crippen molar-refractivity contribution in [3.8, 4) is 11.6 Å². The molecule has 0 spiro atoms. The molecular formula is C17H19FN6O. The van der Waals surface area contributed by atoms with E-state index >= 15 is 0 Å². The fraction of sp³-hybridized carbons (Fsp3) is 0.235. The van der Waals surface area contributed by atoms with E-state index in [9.17, 15) is 4.39 Å². The van der Waals surface area contributed by atoms with Crippen molar-refractivity contribution in [3.05, 3.63) is 59.9 Å². The molecule has 3 aromatic rings. The van der Waals surface area contributed by atoms with Gasteiger partial charge in [0.1, 0.15) is 11.6 Å². The third kappa shape index (κ3) is 4.66. The van der Waals surface area contributed by atoms with Gasteiger partial charge < -0.3 is 15.1 Å². The van der Waals surface area contributed by atoms with E-state index in [4.69, 9.17) is 4.42 Å². The van der Waals surface area contributed by atoms with Crippen molar-refractivity contribution >= 4 is 5.96 Å². The van der Waals surface area contributed by atoms with E-state index in [0.29, 0.717) is 37.1 Å². The second-order valence-corrected chi connectivity index (χ2v) is 5.31. The molecule has 8 heteroatoms. The number of hydrogen-bond donors (Lipinski definition) is 3. The van der Waals surface area contributed by atoms with Crippen LogP contribution in [0, 0.1) is 5.82 Å². The van der Waals surface area contributed by atoms with Crippen LogP contribution in [0.1, 0.15) is 11.4 Å². The summed E-state index contributed by atoms with van der Waals surface area (Å²) in [6.07, 6.45) is 2.24. The number of benzene rings is 1. The van der Waals surface area contributed by atoms with Gasteiger partial charge in [-0.05, 0) is 29.8 Å². The number of hydrogen-bond acceptors (Lipinski definition) is 4. The van der Waals surface area contributed by atoms with Crippen LogP contribution in [0.25, 0.3) is 11.6 Å². The number of aliphatic imine (C=N–C) groups is 1. The second kappa shape index (κ2) is 8.09. The van der Waals surface area contributed by atoms with Crippen molar-refractivity contribution in [2.45, 2.75) is 13.0 Å². The summed E-state index contributed by atoms with van der Waals surface area (Å²) in [7, 11) is 1.70. The lowest BCUT2D eigenvalue weighted by atomic mass is 10.2. The third-order valence-corrected chi connectivity index (χ3v) is 3.52. The van der Waals surface area contributed by atoms with Crippen molar-refractivity contribution in [3.63, 3.8) is 0 Å². The first-order chi connectivity index (χ1) is 12.2. The van der Waals surface area contributed by atoms with E-state index in [-0.39, 0.29) is 5.82 Å². The van der Waals surface area contributed by atoms with Crippen molar-refractivity contribution in [2.24, 2.45) is 4.99 Å². The van der Waals surface area contributed by atoms with Crippen LogP contribution in [0.5, 0.6) is 0 Å². The lowest BCUT2D eigenvalue weighted by molar-refractivity contribution is 0.577. The minimum Gasteiger partial charge on any atom is -0.461 e. The van der Waals surface area contributed by atoms with Gasteiger partial charge in [-0.15, -0.1) is 0 Å². The van der Waals surface area contributed by atoms with Crippen LogP contribution in [0.15, 0.2) is 52.1 Å². The average molecular weight is 342 g/mol. The SMILES string of the molecule is CN=C(NCCc1nc(-c2ccco2)n[nH]1)NCc1ccc(F)cc1. The van der Waals surface area contributed by atoms with E-state index in [1.165, 1.54) is 12.1 Å². The van der Waals surface area contributed by atoms with Gasteiger partial charge in [0.05, 0.1) is 6.26 Å². The molecule has 0 radical (unpaired) electrons. The molecule has 0 atom stereocenters. The van der Waals surface area contributed by atoms with E-state index in [2.05, 4.69) is 30.8 Å². The molecule has 0 aliphatic heterocycles. The van der Waals surface area contributed by atoms with Gasteiger partial charge in [0.15, 0.2) is 11.7 Å². The Morgan fingerprint density at radius 1 is 1.24 bits per heavy atom. The lowest BCUT2D eigenvalue weighted by Gasteiger charge is -2.11. The van der Waals surface area contributed by atoms with E-state index in [0.717, 1.165) is 11.4 Å². The zero-order valence-corrected chi connectivity index (χ0v) is 13.8. The van der Waals surface area contributed by atoms with Crippen molar-refractivity contribution < 1.29 is 8.81 Å². The van der Waals surface area contributed by atoms with Gasteiger partial charge in [-0.1, -0.05) is 12.1 Å². The number of H-pyrrole nitrogens is 1. The average Bonchev–Trinajstić information content (AvgIpc) is 3.30. The number of aromatic nitrogens is 3. The number of guanidine groups is 1. The molecule has 0 amide bonds. The highest BCUT2D eigenvalue weighted by Crippen LogP contribution is 2.14. The summed E-state index contributed by atoms with van der Waals surface area (Å²) < 4.78 is 18.2. The Morgan fingerprint density at radius 2 is 2.08 bits per heavy atom. The van der Waals surface area contributed by atoms with Crippen molar-refractivity contribution in [2.75, 3.05) is 13.6 Å². The Bertz CT molecular complexity index is 810. The minimum atomic E-state index is -0.243. The van der Waals surface area contributed by atoms with E-state index in [1.807, 2.05) is 6.07 Å². The molecule has 0 bridgehead atoms. The normalized spacial score (nSPS) is 11.5. The zero-order valence-electron chi connectivity index (χ0n) is 13.8. The number of rotatable bonds is 6. The van der Waals surface area contributed by atoms with Crippen LogP contribution in [0.4, 0.5) is 4.39 Å². The fourth-order valence-electron chi connectivity index (χ4n) is 2.23. The Morgan fingerprint density at radius 3 is 2.80 bits per heavy atom. The van der Waals surface area contributed by atoms with Crippen LogP contribution in [0.3, 0.4) is 0 Å².